The maximum Gasteiger partial charge on any atom is 0.236 e. The first-order valence-electron chi connectivity index (χ1n) is 6.29. The van der Waals surface area contributed by atoms with Gasteiger partial charge in [0.25, 0.3) is 0 Å². The summed E-state index contributed by atoms with van der Waals surface area (Å²) in [6.45, 7) is 5.62. The average molecular weight is 329 g/mol. The Morgan fingerprint density at radius 3 is 2.84 bits per heavy atom. The second-order valence-electron chi connectivity index (χ2n) is 4.48. The molecule has 1 unspecified atom stereocenters. The molecule has 1 rings (SSSR count). The van der Waals surface area contributed by atoms with E-state index in [-0.39, 0.29) is 11.9 Å². The predicted octanol–water partition coefficient (Wildman–Crippen LogP) is 2.00. The predicted molar refractivity (Wildman–Crippen MR) is 80.1 cm³/mol. The van der Waals surface area contributed by atoms with Gasteiger partial charge in [-0.05, 0) is 31.0 Å². The maximum absolute atomic E-state index is 11.7. The SMILES string of the molecule is COCCNC(=O)C(C)NCc1ccc(C)cc1Br. The minimum atomic E-state index is -0.231. The molecule has 0 fully saturated rings. The van der Waals surface area contributed by atoms with Crippen LogP contribution in [0.2, 0.25) is 0 Å². The Morgan fingerprint density at radius 2 is 2.21 bits per heavy atom. The van der Waals surface area contributed by atoms with Gasteiger partial charge >= 0.3 is 0 Å². The lowest BCUT2D eigenvalue weighted by Crippen LogP contribution is -2.42. The summed E-state index contributed by atoms with van der Waals surface area (Å²) in [5.74, 6) is -0.0136. The zero-order chi connectivity index (χ0) is 14.3. The lowest BCUT2D eigenvalue weighted by molar-refractivity contribution is -0.122. The number of nitrogens with one attached hydrogen (secondary N) is 2. The third-order valence-electron chi connectivity index (χ3n) is 2.81. The molecule has 0 aromatic heterocycles. The Kier molecular flexibility index (Phi) is 7.05. The molecule has 1 atom stereocenters. The Morgan fingerprint density at radius 1 is 1.47 bits per heavy atom. The van der Waals surface area contributed by atoms with E-state index in [2.05, 4.69) is 44.8 Å². The van der Waals surface area contributed by atoms with E-state index >= 15 is 0 Å². The van der Waals surface area contributed by atoms with Gasteiger partial charge in [-0.3, -0.25) is 4.79 Å². The first-order valence-corrected chi connectivity index (χ1v) is 7.09. The molecule has 19 heavy (non-hydrogen) atoms. The summed E-state index contributed by atoms with van der Waals surface area (Å²) in [5, 5.41) is 6.01. The molecule has 0 saturated heterocycles. The Hall–Kier alpha value is -0.910. The van der Waals surface area contributed by atoms with Crippen LogP contribution in [0.5, 0.6) is 0 Å². The second kappa shape index (κ2) is 8.30. The number of aryl methyl sites for hydroxylation is 1. The van der Waals surface area contributed by atoms with Gasteiger partial charge in [-0.25, -0.2) is 0 Å². The van der Waals surface area contributed by atoms with Crippen molar-refractivity contribution in [3.63, 3.8) is 0 Å². The van der Waals surface area contributed by atoms with Crippen molar-refractivity contribution in [3.8, 4) is 0 Å². The standard InChI is InChI=1S/C14H21BrN2O2/c1-10-4-5-12(13(15)8-10)9-17-11(2)14(18)16-6-7-19-3/h4-5,8,11,17H,6-7,9H2,1-3H3,(H,16,18). The Bertz CT molecular complexity index is 424. The first kappa shape index (κ1) is 16.1. The second-order valence-corrected chi connectivity index (χ2v) is 5.34. The van der Waals surface area contributed by atoms with Gasteiger partial charge in [-0.2, -0.15) is 0 Å². The molecular weight excluding hydrogens is 308 g/mol. The van der Waals surface area contributed by atoms with Gasteiger partial charge in [-0.1, -0.05) is 28.1 Å². The fourth-order valence-corrected chi connectivity index (χ4v) is 2.21. The summed E-state index contributed by atoms with van der Waals surface area (Å²) in [5.41, 5.74) is 2.35. The summed E-state index contributed by atoms with van der Waals surface area (Å²) in [7, 11) is 1.61. The van der Waals surface area contributed by atoms with Gasteiger partial charge in [0, 0.05) is 24.7 Å². The number of methoxy groups -OCH3 is 1. The van der Waals surface area contributed by atoms with Crippen LogP contribution >= 0.6 is 15.9 Å². The molecule has 0 spiro atoms. The fourth-order valence-electron chi connectivity index (χ4n) is 1.58. The number of benzene rings is 1. The van der Waals surface area contributed by atoms with E-state index < -0.39 is 0 Å². The van der Waals surface area contributed by atoms with Gasteiger partial charge in [0.05, 0.1) is 12.6 Å². The molecule has 0 bridgehead atoms. The topological polar surface area (TPSA) is 50.4 Å². The van der Waals surface area contributed by atoms with E-state index in [1.165, 1.54) is 5.56 Å². The van der Waals surface area contributed by atoms with E-state index in [4.69, 9.17) is 4.74 Å². The molecule has 0 radical (unpaired) electrons. The van der Waals surface area contributed by atoms with Crippen LogP contribution in [0.3, 0.4) is 0 Å². The highest BCUT2D eigenvalue weighted by molar-refractivity contribution is 9.10. The van der Waals surface area contributed by atoms with Gasteiger partial charge in [-0.15, -0.1) is 0 Å². The summed E-state index contributed by atoms with van der Waals surface area (Å²) in [6.07, 6.45) is 0. The summed E-state index contributed by atoms with van der Waals surface area (Å²) in [4.78, 5) is 11.7. The molecule has 4 nitrogen and oxygen atoms in total. The number of carbonyl (C=O) groups excluding carboxylic acids is 1. The maximum atomic E-state index is 11.7. The lowest BCUT2D eigenvalue weighted by Gasteiger charge is -2.14. The summed E-state index contributed by atoms with van der Waals surface area (Å²) >= 11 is 3.53. The molecule has 1 amide bonds. The van der Waals surface area contributed by atoms with Crippen molar-refractivity contribution in [2.75, 3.05) is 20.3 Å². The minimum Gasteiger partial charge on any atom is -0.383 e. The van der Waals surface area contributed by atoms with Crippen molar-refractivity contribution < 1.29 is 9.53 Å². The minimum absolute atomic E-state index is 0.0136. The molecule has 5 heteroatoms. The number of ether oxygens (including phenoxy) is 1. The number of hydrogen-bond donors (Lipinski definition) is 2. The van der Waals surface area contributed by atoms with Gasteiger partial charge in [0.15, 0.2) is 0 Å². The molecule has 106 valence electrons. The molecule has 2 N–H and O–H groups in total. The van der Waals surface area contributed by atoms with Crippen molar-refractivity contribution in [3.05, 3.63) is 33.8 Å². The van der Waals surface area contributed by atoms with Crippen LogP contribution in [0.25, 0.3) is 0 Å². The van der Waals surface area contributed by atoms with Crippen molar-refractivity contribution in [2.45, 2.75) is 26.4 Å². The van der Waals surface area contributed by atoms with Crippen LogP contribution in [0.15, 0.2) is 22.7 Å². The van der Waals surface area contributed by atoms with Crippen molar-refractivity contribution in [1.29, 1.82) is 0 Å². The molecule has 1 aromatic carbocycles. The quantitative estimate of drug-likeness (QED) is 0.753. The van der Waals surface area contributed by atoms with E-state index in [9.17, 15) is 4.79 Å². The van der Waals surface area contributed by atoms with E-state index in [0.717, 1.165) is 10.0 Å². The molecule has 0 aliphatic carbocycles. The number of rotatable bonds is 7. The van der Waals surface area contributed by atoms with Crippen LogP contribution in [-0.4, -0.2) is 32.2 Å². The monoisotopic (exact) mass is 328 g/mol. The fraction of sp³-hybridized carbons (Fsp3) is 0.500. The Labute approximate surface area is 123 Å². The average Bonchev–Trinajstić information content (AvgIpc) is 2.37. The first-order chi connectivity index (χ1) is 9.04. The zero-order valence-corrected chi connectivity index (χ0v) is 13.2. The molecule has 1 aromatic rings. The van der Waals surface area contributed by atoms with Gasteiger partial charge in [0.1, 0.15) is 0 Å². The lowest BCUT2D eigenvalue weighted by atomic mass is 10.1. The summed E-state index contributed by atoms with van der Waals surface area (Å²) < 4.78 is 5.95. The molecule has 0 aliphatic heterocycles. The van der Waals surface area contributed by atoms with Crippen LogP contribution < -0.4 is 10.6 Å². The number of halogens is 1. The third kappa shape index (κ3) is 5.72. The summed E-state index contributed by atoms with van der Waals surface area (Å²) in [6, 6.07) is 5.96. The van der Waals surface area contributed by atoms with E-state index in [0.29, 0.717) is 19.7 Å². The largest absolute Gasteiger partial charge is 0.383 e. The number of carbonyl (C=O) groups is 1. The van der Waals surface area contributed by atoms with Crippen LogP contribution in [-0.2, 0) is 16.1 Å². The highest BCUT2D eigenvalue weighted by Crippen LogP contribution is 2.18. The highest BCUT2D eigenvalue weighted by atomic mass is 79.9. The smallest absolute Gasteiger partial charge is 0.236 e. The van der Waals surface area contributed by atoms with Crippen molar-refractivity contribution in [1.82, 2.24) is 10.6 Å². The van der Waals surface area contributed by atoms with Gasteiger partial charge in [0.2, 0.25) is 5.91 Å². The van der Waals surface area contributed by atoms with Crippen LogP contribution in [0.4, 0.5) is 0 Å². The van der Waals surface area contributed by atoms with Gasteiger partial charge < -0.3 is 15.4 Å². The molecule has 0 heterocycles. The molecule has 0 saturated carbocycles. The normalized spacial score (nSPS) is 12.2. The van der Waals surface area contributed by atoms with Crippen LogP contribution in [0, 0.1) is 6.92 Å². The van der Waals surface area contributed by atoms with E-state index in [1.54, 1.807) is 7.11 Å². The Balaban J connectivity index is 2.40. The van der Waals surface area contributed by atoms with Crippen LogP contribution in [0.1, 0.15) is 18.1 Å². The highest BCUT2D eigenvalue weighted by Gasteiger charge is 2.11. The zero-order valence-electron chi connectivity index (χ0n) is 11.6. The molecular formula is C14H21BrN2O2. The van der Waals surface area contributed by atoms with Crippen molar-refractivity contribution >= 4 is 21.8 Å². The van der Waals surface area contributed by atoms with E-state index in [1.807, 2.05) is 13.8 Å². The number of amides is 1. The number of hydrogen-bond acceptors (Lipinski definition) is 3. The molecule has 0 aliphatic rings. The third-order valence-corrected chi connectivity index (χ3v) is 3.54. The van der Waals surface area contributed by atoms with Crippen molar-refractivity contribution in [2.24, 2.45) is 0 Å².